The number of alkyl halides is 2. The molecular weight excluding hydrogens is 458 g/mol. The van der Waals surface area contributed by atoms with Crippen LogP contribution in [-0.4, -0.2) is 41.2 Å². The maximum atomic E-state index is 12.4. The molecule has 1 amide bonds. The Kier molecular flexibility index (Phi) is 10.4. The van der Waals surface area contributed by atoms with Gasteiger partial charge in [0.1, 0.15) is 0 Å². The topological polar surface area (TPSA) is 81.7 Å². The number of halogens is 2. The van der Waals surface area contributed by atoms with Gasteiger partial charge in [-0.3, -0.25) is 9.59 Å². The van der Waals surface area contributed by atoms with Crippen LogP contribution in [0.1, 0.15) is 31.4 Å². The van der Waals surface area contributed by atoms with Gasteiger partial charge in [0.25, 0.3) is 0 Å². The van der Waals surface area contributed by atoms with Gasteiger partial charge in [-0.15, -0.1) is 0 Å². The molecule has 0 bridgehead atoms. The number of hydrogen-bond donors (Lipinski definition) is 1. The SMILES string of the molecule is CCOC(=O)[C@H](NC(=O)CCBr)[C@H](OC(=O)CCBr)c1ccccc1. The summed E-state index contributed by atoms with van der Waals surface area (Å²) >= 11 is 6.36. The Bertz CT molecular complexity index is 567. The van der Waals surface area contributed by atoms with Crippen LogP contribution in [0.4, 0.5) is 0 Å². The summed E-state index contributed by atoms with van der Waals surface area (Å²) in [7, 11) is 0. The largest absolute Gasteiger partial charge is 0.464 e. The van der Waals surface area contributed by atoms with Crippen LogP contribution in [0, 0.1) is 0 Å². The Labute approximate surface area is 163 Å². The molecule has 8 heteroatoms. The van der Waals surface area contributed by atoms with Gasteiger partial charge in [-0.25, -0.2) is 4.79 Å². The van der Waals surface area contributed by atoms with E-state index in [2.05, 4.69) is 37.2 Å². The number of hydrogen-bond acceptors (Lipinski definition) is 5. The molecule has 1 rings (SSSR count). The molecule has 0 aliphatic rings. The molecule has 1 aromatic carbocycles. The molecule has 0 spiro atoms. The molecule has 0 fully saturated rings. The normalized spacial score (nSPS) is 12.8. The highest BCUT2D eigenvalue weighted by Gasteiger charge is 2.35. The predicted molar refractivity (Wildman–Crippen MR) is 101 cm³/mol. The van der Waals surface area contributed by atoms with Crippen LogP contribution in [0.15, 0.2) is 30.3 Å². The molecule has 0 saturated carbocycles. The van der Waals surface area contributed by atoms with E-state index >= 15 is 0 Å². The Morgan fingerprint density at radius 2 is 1.72 bits per heavy atom. The Morgan fingerprint density at radius 1 is 1.08 bits per heavy atom. The second-order valence-electron chi connectivity index (χ2n) is 5.00. The number of amides is 1. The van der Waals surface area contributed by atoms with Gasteiger partial charge < -0.3 is 14.8 Å². The molecule has 1 N–H and O–H groups in total. The summed E-state index contributed by atoms with van der Waals surface area (Å²) in [6.07, 6.45) is -0.632. The Hall–Kier alpha value is -1.41. The number of rotatable bonds is 10. The van der Waals surface area contributed by atoms with Crippen molar-refractivity contribution in [2.75, 3.05) is 17.3 Å². The van der Waals surface area contributed by atoms with Crippen molar-refractivity contribution in [1.82, 2.24) is 5.32 Å². The third-order valence-electron chi connectivity index (χ3n) is 3.17. The lowest BCUT2D eigenvalue weighted by Crippen LogP contribution is -2.47. The molecule has 2 atom stereocenters. The molecule has 0 aliphatic carbocycles. The van der Waals surface area contributed by atoms with Crippen molar-refractivity contribution in [3.8, 4) is 0 Å². The summed E-state index contributed by atoms with van der Waals surface area (Å²) in [6, 6.07) is 7.69. The molecule has 1 aromatic rings. The zero-order chi connectivity index (χ0) is 18.7. The monoisotopic (exact) mass is 477 g/mol. The van der Waals surface area contributed by atoms with E-state index in [1.807, 2.05) is 6.07 Å². The van der Waals surface area contributed by atoms with Gasteiger partial charge >= 0.3 is 11.9 Å². The van der Waals surface area contributed by atoms with Crippen LogP contribution >= 0.6 is 31.9 Å². The Morgan fingerprint density at radius 3 is 2.28 bits per heavy atom. The van der Waals surface area contributed by atoms with Crippen molar-refractivity contribution in [3.63, 3.8) is 0 Å². The molecule has 0 radical (unpaired) electrons. The number of carbonyl (C=O) groups is 3. The zero-order valence-corrected chi connectivity index (χ0v) is 17.0. The van der Waals surface area contributed by atoms with E-state index in [9.17, 15) is 14.4 Å². The van der Waals surface area contributed by atoms with Gasteiger partial charge in [-0.1, -0.05) is 62.2 Å². The molecule has 0 heterocycles. The highest BCUT2D eigenvalue weighted by Crippen LogP contribution is 2.23. The van der Waals surface area contributed by atoms with Gasteiger partial charge in [0.05, 0.1) is 13.0 Å². The van der Waals surface area contributed by atoms with Crippen molar-refractivity contribution >= 4 is 49.7 Å². The summed E-state index contributed by atoms with van der Waals surface area (Å²) < 4.78 is 10.6. The fraction of sp³-hybridized carbons (Fsp3) is 0.471. The van der Waals surface area contributed by atoms with Gasteiger partial charge in [-0.05, 0) is 12.5 Å². The minimum Gasteiger partial charge on any atom is -0.464 e. The number of benzene rings is 1. The van der Waals surface area contributed by atoms with E-state index in [4.69, 9.17) is 9.47 Å². The van der Waals surface area contributed by atoms with Crippen molar-refractivity contribution < 1.29 is 23.9 Å². The summed E-state index contributed by atoms with van der Waals surface area (Å²) in [5.74, 6) is -1.46. The lowest BCUT2D eigenvalue weighted by molar-refractivity contribution is -0.160. The molecule has 25 heavy (non-hydrogen) atoms. The molecule has 138 valence electrons. The molecule has 0 unspecified atom stereocenters. The number of ether oxygens (including phenoxy) is 2. The van der Waals surface area contributed by atoms with Gasteiger partial charge in [-0.2, -0.15) is 0 Å². The first-order valence-electron chi connectivity index (χ1n) is 7.85. The highest BCUT2D eigenvalue weighted by atomic mass is 79.9. The summed E-state index contributed by atoms with van der Waals surface area (Å²) in [6.45, 7) is 1.82. The number of nitrogens with one attached hydrogen (secondary N) is 1. The van der Waals surface area contributed by atoms with Crippen LogP contribution < -0.4 is 5.32 Å². The van der Waals surface area contributed by atoms with E-state index in [1.54, 1.807) is 31.2 Å². The number of carbonyl (C=O) groups excluding carboxylic acids is 3. The number of esters is 2. The van der Waals surface area contributed by atoms with Gasteiger partial charge in [0.15, 0.2) is 12.1 Å². The first-order valence-corrected chi connectivity index (χ1v) is 10.1. The summed E-state index contributed by atoms with van der Waals surface area (Å²) in [5, 5.41) is 3.51. The molecule has 0 saturated heterocycles. The maximum Gasteiger partial charge on any atom is 0.332 e. The average molecular weight is 479 g/mol. The van der Waals surface area contributed by atoms with Gasteiger partial charge in [0.2, 0.25) is 5.91 Å². The first-order chi connectivity index (χ1) is 12.0. The molecule has 6 nitrogen and oxygen atoms in total. The van der Waals surface area contributed by atoms with E-state index < -0.39 is 24.1 Å². The zero-order valence-electron chi connectivity index (χ0n) is 13.9. The molecular formula is C17H21Br2NO5. The predicted octanol–water partition coefficient (Wildman–Crippen LogP) is 2.89. The quantitative estimate of drug-likeness (QED) is 0.413. The third-order valence-corrected chi connectivity index (χ3v) is 3.96. The minimum absolute atomic E-state index is 0.147. The first kappa shape index (κ1) is 21.6. The van der Waals surface area contributed by atoms with E-state index in [0.29, 0.717) is 16.2 Å². The fourth-order valence-electron chi connectivity index (χ4n) is 2.07. The highest BCUT2D eigenvalue weighted by molar-refractivity contribution is 9.09. The summed E-state index contributed by atoms with van der Waals surface area (Å²) in [4.78, 5) is 36.4. The van der Waals surface area contributed by atoms with Crippen LogP contribution in [0.3, 0.4) is 0 Å². The van der Waals surface area contributed by atoms with Crippen molar-refractivity contribution in [2.24, 2.45) is 0 Å². The average Bonchev–Trinajstić information content (AvgIpc) is 2.59. The smallest absolute Gasteiger partial charge is 0.332 e. The second-order valence-corrected chi connectivity index (χ2v) is 6.58. The van der Waals surface area contributed by atoms with Crippen LogP contribution in [0.2, 0.25) is 0 Å². The van der Waals surface area contributed by atoms with Crippen molar-refractivity contribution in [3.05, 3.63) is 35.9 Å². The lowest BCUT2D eigenvalue weighted by Gasteiger charge is -2.26. The Balaban J connectivity index is 3.13. The van der Waals surface area contributed by atoms with Crippen LogP contribution in [0.5, 0.6) is 0 Å². The maximum absolute atomic E-state index is 12.4. The lowest BCUT2D eigenvalue weighted by atomic mass is 10.0. The van der Waals surface area contributed by atoms with Gasteiger partial charge in [0, 0.05) is 17.1 Å². The minimum atomic E-state index is -1.12. The fourth-order valence-corrected chi connectivity index (χ4v) is 2.75. The standard InChI is InChI=1S/C17H21Br2NO5/c1-2-24-17(23)15(20-13(21)8-10-18)16(25-14(22)9-11-19)12-6-4-3-5-7-12/h3-7,15-16H,2,8-11H2,1H3,(H,20,21)/t15-,16-/m1/s1. The summed E-state index contributed by atoms with van der Waals surface area (Å²) in [5.41, 5.74) is 0.600. The molecule has 0 aliphatic heterocycles. The van der Waals surface area contributed by atoms with E-state index in [-0.39, 0.29) is 25.4 Å². The third kappa shape index (κ3) is 7.56. The van der Waals surface area contributed by atoms with Crippen molar-refractivity contribution in [1.29, 1.82) is 0 Å². The van der Waals surface area contributed by atoms with Crippen molar-refractivity contribution in [2.45, 2.75) is 31.9 Å². The second kappa shape index (κ2) is 12.0. The van der Waals surface area contributed by atoms with Crippen LogP contribution in [0.25, 0.3) is 0 Å². The van der Waals surface area contributed by atoms with E-state index in [0.717, 1.165) is 0 Å². The molecule has 0 aromatic heterocycles. The van der Waals surface area contributed by atoms with E-state index in [1.165, 1.54) is 0 Å². The van der Waals surface area contributed by atoms with Crippen LogP contribution in [-0.2, 0) is 23.9 Å².